The van der Waals surface area contributed by atoms with Crippen molar-refractivity contribution >= 4 is 0 Å². The fourth-order valence-electron chi connectivity index (χ4n) is 1.97. The van der Waals surface area contributed by atoms with Crippen LogP contribution < -0.4 is 14.8 Å². The first-order valence-electron chi connectivity index (χ1n) is 6.87. The standard InChI is InChI=1S/C15H17N3O4/c1-3-15(2,19)8-16-7-13-17-14(18-22-13)10-4-5-11-12(6-10)21-9-20-11/h3-6,16,19H,1,7-9H2,2H3. The van der Waals surface area contributed by atoms with E-state index >= 15 is 0 Å². The molecule has 2 heterocycles. The van der Waals surface area contributed by atoms with Gasteiger partial charge in [-0.2, -0.15) is 4.98 Å². The number of aliphatic hydroxyl groups is 1. The van der Waals surface area contributed by atoms with Gasteiger partial charge in [0.05, 0.1) is 12.1 Å². The topological polar surface area (TPSA) is 89.6 Å². The molecule has 7 heteroatoms. The van der Waals surface area contributed by atoms with Gasteiger partial charge in [0.25, 0.3) is 0 Å². The van der Waals surface area contributed by atoms with Crippen LogP contribution in [0.5, 0.6) is 11.5 Å². The molecule has 22 heavy (non-hydrogen) atoms. The molecule has 0 saturated heterocycles. The van der Waals surface area contributed by atoms with Crippen LogP contribution in [0.4, 0.5) is 0 Å². The summed E-state index contributed by atoms with van der Waals surface area (Å²) in [5.41, 5.74) is -0.183. The maximum absolute atomic E-state index is 9.80. The van der Waals surface area contributed by atoms with Gasteiger partial charge < -0.3 is 24.4 Å². The van der Waals surface area contributed by atoms with Crippen LogP contribution in [0.3, 0.4) is 0 Å². The highest BCUT2D eigenvalue weighted by atomic mass is 16.7. The summed E-state index contributed by atoms with van der Waals surface area (Å²) in [6.45, 7) is 6.17. The molecule has 116 valence electrons. The number of fused-ring (bicyclic) bond motifs is 1. The minimum atomic E-state index is -0.972. The van der Waals surface area contributed by atoms with E-state index in [9.17, 15) is 5.11 Å². The molecule has 3 rings (SSSR count). The zero-order valence-electron chi connectivity index (χ0n) is 12.2. The first-order chi connectivity index (χ1) is 10.6. The molecule has 1 aliphatic heterocycles. The molecular formula is C15H17N3O4. The Morgan fingerprint density at radius 2 is 2.23 bits per heavy atom. The quantitative estimate of drug-likeness (QED) is 0.781. The molecule has 0 amide bonds. The monoisotopic (exact) mass is 303 g/mol. The van der Waals surface area contributed by atoms with E-state index in [4.69, 9.17) is 14.0 Å². The van der Waals surface area contributed by atoms with Crippen molar-refractivity contribution in [1.82, 2.24) is 15.5 Å². The fraction of sp³-hybridized carbons (Fsp3) is 0.333. The summed E-state index contributed by atoms with van der Waals surface area (Å²) < 4.78 is 15.8. The normalized spacial score (nSPS) is 15.5. The SMILES string of the molecule is C=CC(C)(O)CNCc1nc(-c2ccc3c(c2)OCO3)no1. The fourth-order valence-corrected chi connectivity index (χ4v) is 1.97. The van der Waals surface area contributed by atoms with Gasteiger partial charge in [0.15, 0.2) is 11.5 Å². The Balaban J connectivity index is 1.65. The van der Waals surface area contributed by atoms with Gasteiger partial charge in [0.1, 0.15) is 0 Å². The smallest absolute Gasteiger partial charge is 0.240 e. The second-order valence-corrected chi connectivity index (χ2v) is 5.24. The van der Waals surface area contributed by atoms with Gasteiger partial charge in [-0.1, -0.05) is 11.2 Å². The summed E-state index contributed by atoms with van der Waals surface area (Å²) in [7, 11) is 0. The van der Waals surface area contributed by atoms with E-state index in [0.29, 0.717) is 36.3 Å². The predicted octanol–water partition coefficient (Wildman–Crippen LogP) is 1.49. The molecule has 1 unspecified atom stereocenters. The van der Waals surface area contributed by atoms with Gasteiger partial charge in [-0.25, -0.2) is 0 Å². The van der Waals surface area contributed by atoms with Crippen LogP contribution in [0.1, 0.15) is 12.8 Å². The Bertz CT molecular complexity index is 681. The minimum Gasteiger partial charge on any atom is -0.454 e. The first-order valence-corrected chi connectivity index (χ1v) is 6.87. The average Bonchev–Trinajstić information content (AvgIpc) is 3.15. The van der Waals surface area contributed by atoms with Crippen molar-refractivity contribution in [3.8, 4) is 22.9 Å². The molecule has 1 aliphatic rings. The van der Waals surface area contributed by atoms with Crippen molar-refractivity contribution < 1.29 is 19.1 Å². The maximum atomic E-state index is 9.80. The second kappa shape index (κ2) is 5.78. The Morgan fingerprint density at radius 1 is 1.41 bits per heavy atom. The lowest BCUT2D eigenvalue weighted by atomic mass is 10.1. The number of hydrogen-bond acceptors (Lipinski definition) is 7. The number of nitrogens with one attached hydrogen (secondary N) is 1. The zero-order valence-corrected chi connectivity index (χ0v) is 12.2. The van der Waals surface area contributed by atoms with Gasteiger partial charge >= 0.3 is 0 Å². The summed E-state index contributed by atoms with van der Waals surface area (Å²) in [6, 6.07) is 5.47. The predicted molar refractivity (Wildman–Crippen MR) is 78.4 cm³/mol. The Morgan fingerprint density at radius 3 is 3.05 bits per heavy atom. The van der Waals surface area contributed by atoms with Crippen LogP contribution >= 0.6 is 0 Å². The molecule has 0 bridgehead atoms. The van der Waals surface area contributed by atoms with Gasteiger partial charge in [0.2, 0.25) is 18.5 Å². The third kappa shape index (κ3) is 3.10. The third-order valence-corrected chi connectivity index (χ3v) is 3.30. The third-order valence-electron chi connectivity index (χ3n) is 3.30. The lowest BCUT2D eigenvalue weighted by molar-refractivity contribution is 0.109. The lowest BCUT2D eigenvalue weighted by Gasteiger charge is -2.17. The number of hydrogen-bond donors (Lipinski definition) is 2. The molecule has 0 fully saturated rings. The highest BCUT2D eigenvalue weighted by Gasteiger charge is 2.17. The Labute approximate surface area is 127 Å². The highest BCUT2D eigenvalue weighted by Crippen LogP contribution is 2.35. The Hall–Kier alpha value is -2.38. The molecular weight excluding hydrogens is 286 g/mol. The van der Waals surface area contributed by atoms with Gasteiger partial charge in [-0.15, -0.1) is 6.58 Å². The maximum Gasteiger partial charge on any atom is 0.240 e. The van der Waals surface area contributed by atoms with E-state index in [1.807, 2.05) is 18.2 Å². The molecule has 1 aromatic heterocycles. The van der Waals surface area contributed by atoms with Crippen LogP contribution in [0.15, 0.2) is 35.4 Å². The summed E-state index contributed by atoms with van der Waals surface area (Å²) in [5, 5.41) is 16.8. The van der Waals surface area contributed by atoms with Crippen LogP contribution in [-0.2, 0) is 6.54 Å². The lowest BCUT2D eigenvalue weighted by Crippen LogP contribution is -2.35. The van der Waals surface area contributed by atoms with Gasteiger partial charge in [0, 0.05) is 12.1 Å². The minimum absolute atomic E-state index is 0.226. The summed E-state index contributed by atoms with van der Waals surface area (Å²) in [5.74, 6) is 2.29. The summed E-state index contributed by atoms with van der Waals surface area (Å²) in [4.78, 5) is 4.31. The molecule has 7 nitrogen and oxygen atoms in total. The van der Waals surface area contributed by atoms with Crippen molar-refractivity contribution in [2.24, 2.45) is 0 Å². The van der Waals surface area contributed by atoms with Crippen LogP contribution in [-0.4, -0.2) is 34.2 Å². The van der Waals surface area contributed by atoms with Crippen LogP contribution in [0.25, 0.3) is 11.4 Å². The van der Waals surface area contributed by atoms with Crippen molar-refractivity contribution in [1.29, 1.82) is 0 Å². The van der Waals surface area contributed by atoms with Crippen LogP contribution in [0.2, 0.25) is 0 Å². The summed E-state index contributed by atoms with van der Waals surface area (Å²) in [6.07, 6.45) is 1.48. The van der Waals surface area contributed by atoms with E-state index in [1.54, 1.807) is 6.92 Å². The number of benzene rings is 1. The number of rotatable bonds is 6. The molecule has 1 atom stereocenters. The van der Waals surface area contributed by atoms with Crippen molar-refractivity contribution in [2.75, 3.05) is 13.3 Å². The molecule has 2 aromatic rings. The van der Waals surface area contributed by atoms with Gasteiger partial charge in [-0.05, 0) is 25.1 Å². The van der Waals surface area contributed by atoms with E-state index in [-0.39, 0.29) is 6.79 Å². The Kier molecular flexibility index (Phi) is 3.82. The number of nitrogens with zero attached hydrogens (tertiary/aromatic N) is 2. The molecule has 1 aromatic carbocycles. The molecule has 0 saturated carbocycles. The van der Waals surface area contributed by atoms with Crippen LogP contribution in [0, 0.1) is 0 Å². The zero-order chi connectivity index (χ0) is 15.6. The average molecular weight is 303 g/mol. The van der Waals surface area contributed by atoms with E-state index in [1.165, 1.54) is 6.08 Å². The van der Waals surface area contributed by atoms with E-state index in [2.05, 4.69) is 22.0 Å². The molecule has 0 radical (unpaired) electrons. The molecule has 0 spiro atoms. The van der Waals surface area contributed by atoms with Gasteiger partial charge in [-0.3, -0.25) is 0 Å². The molecule has 2 N–H and O–H groups in total. The number of aromatic nitrogens is 2. The first kappa shape index (κ1) is 14.6. The second-order valence-electron chi connectivity index (χ2n) is 5.24. The summed E-state index contributed by atoms with van der Waals surface area (Å²) >= 11 is 0. The largest absolute Gasteiger partial charge is 0.454 e. The van der Waals surface area contributed by atoms with Crippen molar-refractivity contribution in [3.63, 3.8) is 0 Å². The van der Waals surface area contributed by atoms with Crippen molar-refractivity contribution in [3.05, 3.63) is 36.7 Å². The highest BCUT2D eigenvalue weighted by molar-refractivity contribution is 5.61. The van der Waals surface area contributed by atoms with E-state index < -0.39 is 5.60 Å². The van der Waals surface area contributed by atoms with Crippen molar-refractivity contribution in [2.45, 2.75) is 19.1 Å². The van der Waals surface area contributed by atoms with E-state index in [0.717, 1.165) is 5.56 Å². The molecule has 0 aliphatic carbocycles. The number of ether oxygens (including phenoxy) is 2.